The normalized spacial score (nSPS) is 10.6. The van der Waals surface area contributed by atoms with Gasteiger partial charge in [0.1, 0.15) is 0 Å². The van der Waals surface area contributed by atoms with E-state index in [2.05, 4.69) is 10.6 Å². The second-order valence-electron chi connectivity index (χ2n) is 6.13. The van der Waals surface area contributed by atoms with E-state index in [1.54, 1.807) is 42.5 Å². The largest absolute Gasteiger partial charge is 0.322 e. The maximum atomic E-state index is 12.2. The zero-order valence-corrected chi connectivity index (χ0v) is 15.0. The van der Waals surface area contributed by atoms with Crippen molar-refractivity contribution in [2.24, 2.45) is 0 Å². The molecule has 0 heterocycles. The smallest absolute Gasteiger partial charge is 0.255 e. The van der Waals surface area contributed by atoms with Crippen LogP contribution >= 0.6 is 0 Å². The Bertz CT molecular complexity index is 961. The summed E-state index contributed by atoms with van der Waals surface area (Å²) in [5, 5.41) is 5.63. The van der Waals surface area contributed by atoms with Gasteiger partial charge in [0.25, 0.3) is 5.91 Å². The lowest BCUT2D eigenvalue weighted by Gasteiger charge is -2.08. The van der Waals surface area contributed by atoms with Gasteiger partial charge < -0.3 is 10.6 Å². The summed E-state index contributed by atoms with van der Waals surface area (Å²) in [5.41, 5.74) is 3.93. The Kier molecular flexibility index (Phi) is 5.80. The average Bonchev–Trinajstić information content (AvgIpc) is 2.68. The monoisotopic (exact) mass is 356 g/mol. The van der Waals surface area contributed by atoms with Crippen LogP contribution in [0, 0.1) is 6.92 Å². The van der Waals surface area contributed by atoms with Gasteiger partial charge in [-0.3, -0.25) is 9.59 Å². The van der Waals surface area contributed by atoms with Crippen LogP contribution in [0.1, 0.15) is 21.5 Å². The number of rotatable bonds is 5. The molecule has 0 aliphatic rings. The lowest BCUT2D eigenvalue weighted by molar-refractivity contribution is -0.111. The molecule has 0 bridgehead atoms. The van der Waals surface area contributed by atoms with Crippen molar-refractivity contribution >= 4 is 29.3 Å². The highest BCUT2D eigenvalue weighted by atomic mass is 16.2. The Morgan fingerprint density at radius 1 is 0.778 bits per heavy atom. The van der Waals surface area contributed by atoms with Crippen LogP contribution in [-0.4, -0.2) is 11.8 Å². The van der Waals surface area contributed by atoms with Crippen LogP contribution in [0.5, 0.6) is 0 Å². The summed E-state index contributed by atoms with van der Waals surface area (Å²) in [6, 6.07) is 23.9. The Labute approximate surface area is 158 Å². The Morgan fingerprint density at radius 2 is 1.44 bits per heavy atom. The van der Waals surface area contributed by atoms with Gasteiger partial charge in [-0.15, -0.1) is 0 Å². The number of anilines is 2. The van der Waals surface area contributed by atoms with Crippen molar-refractivity contribution in [2.75, 3.05) is 10.6 Å². The van der Waals surface area contributed by atoms with Gasteiger partial charge in [0, 0.05) is 23.0 Å². The van der Waals surface area contributed by atoms with E-state index in [0.717, 1.165) is 5.56 Å². The molecule has 0 radical (unpaired) electrons. The topological polar surface area (TPSA) is 58.2 Å². The zero-order chi connectivity index (χ0) is 19.1. The molecule has 2 N–H and O–H groups in total. The Balaban J connectivity index is 1.62. The molecule has 0 aliphatic carbocycles. The third kappa shape index (κ3) is 5.41. The van der Waals surface area contributed by atoms with E-state index in [4.69, 9.17) is 0 Å². The maximum Gasteiger partial charge on any atom is 0.255 e. The number of carbonyl (C=O) groups excluding carboxylic acids is 2. The molecule has 0 fully saturated rings. The van der Waals surface area contributed by atoms with Gasteiger partial charge in [-0.25, -0.2) is 0 Å². The van der Waals surface area contributed by atoms with Gasteiger partial charge in [-0.05, 0) is 48.9 Å². The van der Waals surface area contributed by atoms with Crippen molar-refractivity contribution in [2.45, 2.75) is 6.92 Å². The van der Waals surface area contributed by atoms with Crippen LogP contribution in [0.4, 0.5) is 11.4 Å². The van der Waals surface area contributed by atoms with Gasteiger partial charge in [0.15, 0.2) is 0 Å². The molecule has 0 saturated heterocycles. The third-order valence-corrected chi connectivity index (χ3v) is 3.93. The van der Waals surface area contributed by atoms with Crippen LogP contribution in [-0.2, 0) is 4.79 Å². The average molecular weight is 356 g/mol. The van der Waals surface area contributed by atoms with Gasteiger partial charge in [-0.1, -0.05) is 54.1 Å². The first-order valence-corrected chi connectivity index (χ1v) is 8.62. The van der Waals surface area contributed by atoms with Crippen LogP contribution in [0.25, 0.3) is 6.08 Å². The number of carbonyl (C=O) groups is 2. The van der Waals surface area contributed by atoms with E-state index in [1.165, 1.54) is 11.6 Å². The van der Waals surface area contributed by atoms with E-state index in [9.17, 15) is 9.59 Å². The molecule has 2 amide bonds. The van der Waals surface area contributed by atoms with E-state index in [-0.39, 0.29) is 11.8 Å². The van der Waals surface area contributed by atoms with Crippen molar-refractivity contribution in [3.63, 3.8) is 0 Å². The van der Waals surface area contributed by atoms with Crippen molar-refractivity contribution in [3.8, 4) is 0 Å². The summed E-state index contributed by atoms with van der Waals surface area (Å²) < 4.78 is 0. The molecule has 0 unspecified atom stereocenters. The zero-order valence-electron chi connectivity index (χ0n) is 15.0. The maximum absolute atomic E-state index is 12.2. The van der Waals surface area contributed by atoms with Gasteiger partial charge in [-0.2, -0.15) is 0 Å². The number of benzene rings is 3. The van der Waals surface area contributed by atoms with Gasteiger partial charge in [0.05, 0.1) is 0 Å². The predicted octanol–water partition coefficient (Wildman–Crippen LogP) is 4.90. The molecule has 4 heteroatoms. The first kappa shape index (κ1) is 18.1. The molecule has 134 valence electrons. The van der Waals surface area contributed by atoms with Crippen LogP contribution in [0.15, 0.2) is 84.9 Å². The van der Waals surface area contributed by atoms with E-state index in [1.807, 2.05) is 49.4 Å². The van der Waals surface area contributed by atoms with Crippen molar-refractivity contribution in [1.29, 1.82) is 0 Å². The first-order chi connectivity index (χ1) is 13.1. The molecule has 4 nitrogen and oxygen atoms in total. The first-order valence-electron chi connectivity index (χ1n) is 8.62. The lowest BCUT2D eigenvalue weighted by Crippen LogP contribution is -2.12. The second-order valence-corrected chi connectivity index (χ2v) is 6.13. The molecule has 0 aromatic heterocycles. The van der Waals surface area contributed by atoms with Crippen LogP contribution in [0.2, 0.25) is 0 Å². The third-order valence-electron chi connectivity index (χ3n) is 3.93. The van der Waals surface area contributed by atoms with E-state index >= 15 is 0 Å². The number of aryl methyl sites for hydroxylation is 1. The molecule has 27 heavy (non-hydrogen) atoms. The molecule has 0 spiro atoms. The van der Waals surface area contributed by atoms with Crippen molar-refractivity contribution in [3.05, 3.63) is 102 Å². The molecule has 0 aliphatic heterocycles. The number of nitrogens with one attached hydrogen (secondary N) is 2. The predicted molar refractivity (Wildman–Crippen MR) is 110 cm³/mol. The number of amides is 2. The molecular formula is C23H20N2O2. The van der Waals surface area contributed by atoms with Crippen molar-refractivity contribution < 1.29 is 9.59 Å². The summed E-state index contributed by atoms with van der Waals surface area (Å²) in [6.07, 6.45) is 3.25. The van der Waals surface area contributed by atoms with E-state index < -0.39 is 0 Å². The van der Waals surface area contributed by atoms with Crippen LogP contribution in [0.3, 0.4) is 0 Å². The Hall–Kier alpha value is -3.66. The highest BCUT2D eigenvalue weighted by molar-refractivity contribution is 6.05. The standard InChI is InChI=1S/C23H20N2O2/c1-17-10-12-18(13-11-17)14-15-22(26)24-20-8-5-9-21(16-20)25-23(27)19-6-3-2-4-7-19/h2-16H,1H3,(H,24,26)(H,25,27)/b15-14+. The lowest BCUT2D eigenvalue weighted by atomic mass is 10.1. The highest BCUT2D eigenvalue weighted by Gasteiger charge is 2.06. The Morgan fingerprint density at radius 3 is 2.15 bits per heavy atom. The molecule has 0 atom stereocenters. The summed E-state index contributed by atoms with van der Waals surface area (Å²) in [5.74, 6) is -0.430. The summed E-state index contributed by atoms with van der Waals surface area (Å²) in [4.78, 5) is 24.3. The van der Waals surface area contributed by atoms with Gasteiger partial charge in [0.2, 0.25) is 5.91 Å². The molecular weight excluding hydrogens is 336 g/mol. The summed E-state index contributed by atoms with van der Waals surface area (Å²) >= 11 is 0. The second kappa shape index (κ2) is 8.63. The fourth-order valence-electron chi connectivity index (χ4n) is 2.50. The minimum absolute atomic E-state index is 0.196. The van der Waals surface area contributed by atoms with Crippen LogP contribution < -0.4 is 10.6 Å². The van der Waals surface area contributed by atoms with E-state index in [0.29, 0.717) is 16.9 Å². The quantitative estimate of drug-likeness (QED) is 0.639. The number of hydrogen-bond donors (Lipinski definition) is 2. The molecule has 3 aromatic carbocycles. The summed E-state index contributed by atoms with van der Waals surface area (Å²) in [7, 11) is 0. The SMILES string of the molecule is Cc1ccc(/C=C/C(=O)Nc2cccc(NC(=O)c3ccccc3)c2)cc1. The van der Waals surface area contributed by atoms with Crippen molar-refractivity contribution in [1.82, 2.24) is 0 Å². The molecule has 3 aromatic rings. The number of hydrogen-bond acceptors (Lipinski definition) is 2. The summed E-state index contributed by atoms with van der Waals surface area (Å²) in [6.45, 7) is 2.02. The minimum Gasteiger partial charge on any atom is -0.322 e. The van der Waals surface area contributed by atoms with Gasteiger partial charge >= 0.3 is 0 Å². The fourth-order valence-corrected chi connectivity index (χ4v) is 2.50. The fraction of sp³-hybridized carbons (Fsp3) is 0.0435. The molecule has 3 rings (SSSR count). The minimum atomic E-state index is -0.234. The highest BCUT2D eigenvalue weighted by Crippen LogP contribution is 2.16. The molecule has 0 saturated carbocycles.